The predicted octanol–water partition coefficient (Wildman–Crippen LogP) is -9.07. The number of aliphatic hydroxyl groups excluding tert-OH is 6. The molecule has 1 saturated carbocycles. The zero-order valence-electron chi connectivity index (χ0n) is 24.5. The second-order valence-corrected chi connectivity index (χ2v) is 12.8. The molecule has 1 unspecified atom stereocenters. The van der Waals surface area contributed by atoms with Crippen LogP contribution in [-0.2, 0) is 43.0 Å². The van der Waals surface area contributed by atoms with E-state index in [1.54, 1.807) is 0 Å². The maximum Gasteiger partial charge on any atom is 0.397 e. The fourth-order valence-electron chi connectivity index (χ4n) is 5.98. The lowest BCUT2D eigenvalue weighted by atomic mass is 9.84. The van der Waals surface area contributed by atoms with Crippen molar-refractivity contribution in [3.63, 3.8) is 0 Å². The number of rotatable bonds is 11. The Morgan fingerprint density at radius 3 is 1.70 bits per heavy atom. The third-order valence-corrected chi connectivity index (χ3v) is 9.04. The minimum Gasteiger partial charge on any atom is -0.394 e. The highest BCUT2D eigenvalue weighted by atomic mass is 32.3. The van der Waals surface area contributed by atoms with Gasteiger partial charge in [-0.25, -0.2) is 4.18 Å². The van der Waals surface area contributed by atoms with Crippen molar-refractivity contribution in [1.29, 1.82) is 0 Å². The van der Waals surface area contributed by atoms with E-state index in [4.69, 9.17) is 67.4 Å². The SMILES string of the molecule is NC[C@H]1O[C@@H](O[C@@H]2[C@@H](CO)OC(O[C@@H]3[C@@H](O)[C@H](N)C[C@H](N)[C@H]3O[C@H]3O[C@H](CN)[C@@H](OS(=O)(=O)O)[C@H](O)[C@H]3N)[C@@H]2O)[C@@H](N)[C@H](O)[C@H]1O. The largest absolute Gasteiger partial charge is 0.397 e. The molecule has 19 N–H and O–H groups in total. The Bertz CT molecular complexity index is 1100. The summed E-state index contributed by atoms with van der Waals surface area (Å²) in [5.41, 5.74) is 35.7. The summed E-state index contributed by atoms with van der Waals surface area (Å²) in [4.78, 5) is 0. The first-order chi connectivity index (χ1) is 21.5. The molecule has 3 heterocycles. The summed E-state index contributed by atoms with van der Waals surface area (Å²) in [5, 5.41) is 63.3. The Balaban J connectivity index is 1.50. The van der Waals surface area contributed by atoms with Crippen molar-refractivity contribution in [2.75, 3.05) is 19.7 Å². The Labute approximate surface area is 263 Å². The minimum atomic E-state index is -5.04. The molecule has 0 amide bonds. The van der Waals surface area contributed by atoms with Crippen molar-refractivity contribution in [3.8, 4) is 0 Å². The van der Waals surface area contributed by atoms with Crippen LogP contribution in [0.4, 0.5) is 0 Å². The first-order valence-corrected chi connectivity index (χ1v) is 15.9. The Kier molecular flexibility index (Phi) is 12.7. The van der Waals surface area contributed by atoms with Crippen LogP contribution in [-0.4, -0.2) is 180 Å². The van der Waals surface area contributed by atoms with Crippen LogP contribution in [0.15, 0.2) is 0 Å². The van der Waals surface area contributed by atoms with Crippen molar-refractivity contribution < 1.29 is 76.2 Å². The van der Waals surface area contributed by atoms with Gasteiger partial charge in [0.1, 0.15) is 67.1 Å². The average Bonchev–Trinajstić information content (AvgIpc) is 3.29. The summed E-state index contributed by atoms with van der Waals surface area (Å²) < 4.78 is 70.7. The zero-order chi connectivity index (χ0) is 34.2. The van der Waals surface area contributed by atoms with Crippen molar-refractivity contribution in [2.45, 2.75) is 123 Å². The van der Waals surface area contributed by atoms with E-state index in [0.29, 0.717) is 0 Å². The molecule has 0 aromatic carbocycles. The van der Waals surface area contributed by atoms with E-state index < -0.39 is 140 Å². The summed E-state index contributed by atoms with van der Waals surface area (Å²) in [6, 6.07) is -4.70. The van der Waals surface area contributed by atoms with E-state index in [2.05, 4.69) is 4.18 Å². The normalized spacial score (nSPS) is 50.5. The maximum absolute atomic E-state index is 11.3. The van der Waals surface area contributed by atoms with Gasteiger partial charge in [-0.2, -0.15) is 8.42 Å². The van der Waals surface area contributed by atoms with Gasteiger partial charge in [0, 0.05) is 25.2 Å². The van der Waals surface area contributed by atoms with Crippen LogP contribution in [0.2, 0.25) is 0 Å². The number of ether oxygens (including phenoxy) is 6. The molecule has 0 aromatic rings. The third kappa shape index (κ3) is 7.96. The van der Waals surface area contributed by atoms with E-state index in [0.717, 1.165) is 0 Å². The topological polar surface area (TPSA) is 396 Å². The van der Waals surface area contributed by atoms with Crippen molar-refractivity contribution in [1.82, 2.24) is 0 Å². The third-order valence-electron chi connectivity index (χ3n) is 8.58. The second kappa shape index (κ2) is 15.4. The fourth-order valence-corrected chi connectivity index (χ4v) is 6.50. The lowest BCUT2D eigenvalue weighted by Crippen LogP contribution is -2.68. The molecular weight excluding hydrogens is 648 g/mol. The van der Waals surface area contributed by atoms with Crippen molar-refractivity contribution >= 4 is 10.4 Å². The molecule has 4 fully saturated rings. The Hall–Kier alpha value is -0.850. The summed E-state index contributed by atoms with van der Waals surface area (Å²) in [6.07, 6.45) is -21.9. The molecule has 4 rings (SSSR count). The summed E-state index contributed by atoms with van der Waals surface area (Å²) >= 11 is 0. The van der Waals surface area contributed by atoms with Gasteiger partial charge in [0.15, 0.2) is 18.9 Å². The molecule has 270 valence electrons. The number of aliphatic hydroxyl groups is 6. The van der Waals surface area contributed by atoms with Crippen LogP contribution in [0.5, 0.6) is 0 Å². The van der Waals surface area contributed by atoms with Gasteiger partial charge in [0.25, 0.3) is 0 Å². The monoisotopic (exact) mass is 694 g/mol. The fraction of sp³-hybridized carbons (Fsp3) is 1.00. The lowest BCUT2D eigenvalue weighted by Gasteiger charge is -2.47. The van der Waals surface area contributed by atoms with E-state index in [1.165, 1.54) is 0 Å². The van der Waals surface area contributed by atoms with Gasteiger partial charge in [0.2, 0.25) is 0 Å². The molecule has 4 aliphatic rings. The quantitative estimate of drug-likeness (QED) is 0.0892. The standard InChI is InChI=1S/C23H46N6O16S/c24-2-7-13(32)14(33)10(28)21(39-7)43-18-9(4-30)41-23(16(18)35)44-20-12(31)5(26)1-6(27)17(20)42-22-11(29)15(34)19(8(3-25)40-22)45-46(36,37)38/h5-23,30-35H,1-4,24-29H2,(H,36,37,38)/t5-,6+,7-,8-,9-,10+,11-,12+,13+,14+,15-,16-,17-,18-,19-,20-,21+,22-,23?/m1/s1. The molecule has 0 aromatic heterocycles. The number of hydrogen-bond donors (Lipinski definition) is 13. The molecule has 46 heavy (non-hydrogen) atoms. The number of nitrogens with two attached hydrogens (primary N) is 6. The summed E-state index contributed by atoms with van der Waals surface area (Å²) in [7, 11) is -5.04. The highest BCUT2D eigenvalue weighted by molar-refractivity contribution is 7.80. The van der Waals surface area contributed by atoms with E-state index in [-0.39, 0.29) is 13.0 Å². The van der Waals surface area contributed by atoms with Gasteiger partial charge >= 0.3 is 10.4 Å². The van der Waals surface area contributed by atoms with Crippen molar-refractivity contribution in [2.24, 2.45) is 34.4 Å². The van der Waals surface area contributed by atoms with E-state index in [9.17, 15) is 39.1 Å². The molecule has 0 radical (unpaired) electrons. The van der Waals surface area contributed by atoms with Gasteiger partial charge < -0.3 is 93.5 Å². The smallest absolute Gasteiger partial charge is 0.394 e. The van der Waals surface area contributed by atoms with Crippen LogP contribution >= 0.6 is 0 Å². The molecule has 19 atom stereocenters. The van der Waals surface area contributed by atoms with Crippen LogP contribution in [0.3, 0.4) is 0 Å². The highest BCUT2D eigenvalue weighted by Crippen LogP contribution is 2.34. The Morgan fingerprint density at radius 2 is 1.13 bits per heavy atom. The first-order valence-electron chi connectivity index (χ1n) is 14.5. The van der Waals surface area contributed by atoms with Gasteiger partial charge in [-0.1, -0.05) is 0 Å². The van der Waals surface area contributed by atoms with Crippen LogP contribution < -0.4 is 34.4 Å². The summed E-state index contributed by atoms with van der Waals surface area (Å²) in [6.45, 7) is -1.30. The first kappa shape index (κ1) is 38.0. The van der Waals surface area contributed by atoms with Crippen molar-refractivity contribution in [3.05, 3.63) is 0 Å². The zero-order valence-corrected chi connectivity index (χ0v) is 25.3. The molecule has 1 aliphatic carbocycles. The molecular formula is C23H46N6O16S. The van der Waals surface area contributed by atoms with E-state index in [1.807, 2.05) is 0 Å². The highest BCUT2D eigenvalue weighted by Gasteiger charge is 2.54. The van der Waals surface area contributed by atoms with Gasteiger partial charge in [-0.3, -0.25) is 4.55 Å². The number of hydrogen-bond acceptors (Lipinski definition) is 21. The van der Waals surface area contributed by atoms with Gasteiger partial charge in [-0.05, 0) is 6.42 Å². The molecule has 0 spiro atoms. The van der Waals surface area contributed by atoms with Gasteiger partial charge in [-0.15, -0.1) is 0 Å². The summed E-state index contributed by atoms with van der Waals surface area (Å²) in [5.74, 6) is 0. The lowest BCUT2D eigenvalue weighted by molar-refractivity contribution is -0.305. The van der Waals surface area contributed by atoms with E-state index >= 15 is 0 Å². The molecule has 0 bridgehead atoms. The average molecular weight is 695 g/mol. The van der Waals surface area contributed by atoms with Crippen LogP contribution in [0.1, 0.15) is 6.42 Å². The molecule has 3 saturated heterocycles. The van der Waals surface area contributed by atoms with Crippen LogP contribution in [0, 0.1) is 0 Å². The molecule has 23 heteroatoms. The molecule has 3 aliphatic heterocycles. The second-order valence-electron chi connectivity index (χ2n) is 11.7. The maximum atomic E-state index is 11.3. The van der Waals surface area contributed by atoms with Crippen LogP contribution in [0.25, 0.3) is 0 Å². The minimum absolute atomic E-state index is 0.00249. The van der Waals surface area contributed by atoms with Gasteiger partial charge in [0.05, 0.1) is 24.8 Å². The molecule has 22 nitrogen and oxygen atoms in total. The predicted molar refractivity (Wildman–Crippen MR) is 149 cm³/mol. The Morgan fingerprint density at radius 1 is 0.609 bits per heavy atom.